The van der Waals surface area contributed by atoms with Gasteiger partial charge in [-0.2, -0.15) is 0 Å². The molecule has 0 radical (unpaired) electrons. The molecular formula is C10H13ClN2O. The van der Waals surface area contributed by atoms with E-state index in [2.05, 4.69) is 10.3 Å². The molecule has 0 aliphatic heterocycles. The highest BCUT2D eigenvalue weighted by atomic mass is 35.5. The molecule has 14 heavy (non-hydrogen) atoms. The number of pyridine rings is 1. The highest BCUT2D eigenvalue weighted by Crippen LogP contribution is 2.08. The van der Waals surface area contributed by atoms with Gasteiger partial charge in [0.1, 0.15) is 5.38 Å². The molecule has 0 spiro atoms. The first kappa shape index (κ1) is 11.0. The van der Waals surface area contributed by atoms with E-state index in [0.717, 1.165) is 5.69 Å². The second kappa shape index (κ2) is 4.96. The number of amides is 1. The molecule has 1 heterocycles. The number of alkyl halides is 1. The first-order valence-electron chi connectivity index (χ1n) is 4.46. The van der Waals surface area contributed by atoms with Gasteiger partial charge in [0, 0.05) is 6.20 Å². The van der Waals surface area contributed by atoms with Crippen molar-refractivity contribution in [2.24, 2.45) is 0 Å². The fraction of sp³-hybridized carbons (Fsp3) is 0.400. The predicted molar refractivity (Wildman–Crippen MR) is 56.1 cm³/mol. The van der Waals surface area contributed by atoms with E-state index in [1.807, 2.05) is 25.1 Å². The van der Waals surface area contributed by atoms with E-state index in [0.29, 0.717) is 0 Å². The van der Waals surface area contributed by atoms with Gasteiger partial charge in [0.2, 0.25) is 5.91 Å². The van der Waals surface area contributed by atoms with Crippen molar-refractivity contribution in [3.05, 3.63) is 30.1 Å². The van der Waals surface area contributed by atoms with Crippen LogP contribution in [0.1, 0.15) is 25.6 Å². The SMILES string of the molecule is CC(Cl)C(=O)N[C@H](C)c1ccccn1. The van der Waals surface area contributed by atoms with Crippen molar-refractivity contribution in [2.75, 3.05) is 0 Å². The molecular weight excluding hydrogens is 200 g/mol. The van der Waals surface area contributed by atoms with Gasteiger partial charge in [-0.25, -0.2) is 0 Å². The minimum absolute atomic E-state index is 0.107. The van der Waals surface area contributed by atoms with E-state index in [1.165, 1.54) is 0 Å². The summed E-state index contributed by atoms with van der Waals surface area (Å²) in [5, 5.41) is 2.25. The van der Waals surface area contributed by atoms with E-state index in [4.69, 9.17) is 11.6 Å². The number of aromatic nitrogens is 1. The predicted octanol–water partition coefficient (Wildman–Crippen LogP) is 1.89. The number of halogens is 1. The van der Waals surface area contributed by atoms with Crippen LogP contribution in [0.5, 0.6) is 0 Å². The van der Waals surface area contributed by atoms with E-state index in [1.54, 1.807) is 13.1 Å². The Morgan fingerprint density at radius 3 is 2.71 bits per heavy atom. The standard InChI is InChI=1S/C10H13ClN2O/c1-7(11)10(14)13-8(2)9-5-3-4-6-12-9/h3-8H,1-2H3,(H,13,14)/t7?,8-/m1/s1. The van der Waals surface area contributed by atoms with Crippen LogP contribution >= 0.6 is 11.6 Å². The molecule has 2 atom stereocenters. The van der Waals surface area contributed by atoms with Gasteiger partial charge in [0.25, 0.3) is 0 Å². The minimum Gasteiger partial charge on any atom is -0.347 e. The van der Waals surface area contributed by atoms with Crippen LogP contribution in [-0.2, 0) is 4.79 Å². The summed E-state index contributed by atoms with van der Waals surface area (Å²) in [4.78, 5) is 15.4. The Kier molecular flexibility index (Phi) is 3.89. The van der Waals surface area contributed by atoms with Gasteiger partial charge in [-0.1, -0.05) is 6.07 Å². The normalized spacial score (nSPS) is 14.5. The minimum atomic E-state index is -0.513. The van der Waals surface area contributed by atoms with E-state index in [9.17, 15) is 4.79 Å². The summed E-state index contributed by atoms with van der Waals surface area (Å²) in [6.07, 6.45) is 1.70. The molecule has 1 unspecified atom stereocenters. The van der Waals surface area contributed by atoms with E-state index >= 15 is 0 Å². The molecule has 0 aromatic carbocycles. The fourth-order valence-corrected chi connectivity index (χ4v) is 1.10. The van der Waals surface area contributed by atoms with Crippen molar-refractivity contribution >= 4 is 17.5 Å². The van der Waals surface area contributed by atoms with Crippen molar-refractivity contribution in [2.45, 2.75) is 25.3 Å². The number of carbonyl (C=O) groups is 1. The molecule has 76 valence electrons. The number of hydrogen-bond donors (Lipinski definition) is 1. The lowest BCUT2D eigenvalue weighted by Gasteiger charge is -2.13. The van der Waals surface area contributed by atoms with Gasteiger partial charge < -0.3 is 5.32 Å². The van der Waals surface area contributed by atoms with E-state index in [-0.39, 0.29) is 11.9 Å². The zero-order chi connectivity index (χ0) is 10.6. The van der Waals surface area contributed by atoms with E-state index < -0.39 is 5.38 Å². The van der Waals surface area contributed by atoms with Gasteiger partial charge in [-0.05, 0) is 26.0 Å². The maximum Gasteiger partial charge on any atom is 0.238 e. The van der Waals surface area contributed by atoms with Crippen LogP contribution in [0, 0.1) is 0 Å². The monoisotopic (exact) mass is 212 g/mol. The lowest BCUT2D eigenvalue weighted by molar-refractivity contribution is -0.121. The average Bonchev–Trinajstić information content (AvgIpc) is 2.19. The van der Waals surface area contributed by atoms with Crippen molar-refractivity contribution in [3.8, 4) is 0 Å². The fourth-order valence-electron chi connectivity index (χ4n) is 1.03. The van der Waals surface area contributed by atoms with Crippen LogP contribution in [0.4, 0.5) is 0 Å². The largest absolute Gasteiger partial charge is 0.347 e. The van der Waals surface area contributed by atoms with Crippen LogP contribution in [0.25, 0.3) is 0 Å². The smallest absolute Gasteiger partial charge is 0.238 e. The summed E-state index contributed by atoms with van der Waals surface area (Å²) in [5.41, 5.74) is 0.832. The van der Waals surface area contributed by atoms with Crippen LogP contribution in [-0.4, -0.2) is 16.3 Å². The average molecular weight is 213 g/mol. The summed E-state index contributed by atoms with van der Waals surface area (Å²) in [6, 6.07) is 5.48. The highest BCUT2D eigenvalue weighted by Gasteiger charge is 2.13. The lowest BCUT2D eigenvalue weighted by Crippen LogP contribution is -2.32. The Morgan fingerprint density at radius 1 is 1.50 bits per heavy atom. The molecule has 1 N–H and O–H groups in total. The number of carbonyl (C=O) groups excluding carboxylic acids is 1. The molecule has 0 saturated carbocycles. The summed E-state index contributed by atoms with van der Waals surface area (Å²) >= 11 is 5.63. The zero-order valence-electron chi connectivity index (χ0n) is 8.20. The quantitative estimate of drug-likeness (QED) is 0.778. The first-order chi connectivity index (χ1) is 6.61. The molecule has 0 aliphatic carbocycles. The van der Waals surface area contributed by atoms with Crippen LogP contribution in [0.3, 0.4) is 0 Å². The maximum atomic E-state index is 11.3. The second-order valence-corrected chi connectivity index (χ2v) is 3.76. The number of nitrogens with one attached hydrogen (secondary N) is 1. The Morgan fingerprint density at radius 2 is 2.21 bits per heavy atom. The summed E-state index contributed by atoms with van der Waals surface area (Å²) in [7, 11) is 0. The van der Waals surface area contributed by atoms with Crippen LogP contribution in [0.2, 0.25) is 0 Å². The van der Waals surface area contributed by atoms with Gasteiger partial charge in [0.05, 0.1) is 11.7 Å². The summed E-state index contributed by atoms with van der Waals surface area (Å²) in [6.45, 7) is 3.52. The molecule has 0 bridgehead atoms. The summed E-state index contributed by atoms with van der Waals surface area (Å²) < 4.78 is 0. The summed E-state index contributed by atoms with van der Waals surface area (Å²) in [5.74, 6) is -0.176. The molecule has 4 heteroatoms. The topological polar surface area (TPSA) is 42.0 Å². The van der Waals surface area contributed by atoms with Crippen LogP contribution < -0.4 is 5.32 Å². The molecule has 3 nitrogen and oxygen atoms in total. The van der Waals surface area contributed by atoms with Gasteiger partial charge in [-0.15, -0.1) is 11.6 Å². The van der Waals surface area contributed by atoms with Gasteiger partial charge >= 0.3 is 0 Å². The third-order valence-electron chi connectivity index (χ3n) is 1.85. The zero-order valence-corrected chi connectivity index (χ0v) is 8.95. The molecule has 1 aromatic rings. The lowest BCUT2D eigenvalue weighted by atomic mass is 10.2. The molecule has 1 amide bonds. The highest BCUT2D eigenvalue weighted by molar-refractivity contribution is 6.30. The first-order valence-corrected chi connectivity index (χ1v) is 4.90. The van der Waals surface area contributed by atoms with Crippen molar-refractivity contribution in [3.63, 3.8) is 0 Å². The Hall–Kier alpha value is -1.09. The second-order valence-electron chi connectivity index (χ2n) is 3.10. The molecule has 1 rings (SSSR count). The van der Waals surface area contributed by atoms with Crippen molar-refractivity contribution in [1.82, 2.24) is 10.3 Å². The number of hydrogen-bond acceptors (Lipinski definition) is 2. The molecule has 0 fully saturated rings. The van der Waals surface area contributed by atoms with Crippen LogP contribution in [0.15, 0.2) is 24.4 Å². The Balaban J connectivity index is 2.59. The number of rotatable bonds is 3. The Bertz CT molecular complexity index is 300. The third-order valence-corrected chi connectivity index (χ3v) is 2.05. The Labute approximate surface area is 88.5 Å². The van der Waals surface area contributed by atoms with Gasteiger partial charge in [0.15, 0.2) is 0 Å². The van der Waals surface area contributed by atoms with Crippen molar-refractivity contribution < 1.29 is 4.79 Å². The van der Waals surface area contributed by atoms with Gasteiger partial charge in [-0.3, -0.25) is 9.78 Å². The molecule has 0 aliphatic rings. The number of nitrogens with zero attached hydrogens (tertiary/aromatic N) is 1. The van der Waals surface area contributed by atoms with Crippen molar-refractivity contribution in [1.29, 1.82) is 0 Å². The maximum absolute atomic E-state index is 11.3. The molecule has 1 aromatic heterocycles. The molecule has 0 saturated heterocycles. The third kappa shape index (κ3) is 3.00.